The summed E-state index contributed by atoms with van der Waals surface area (Å²) in [5, 5.41) is 11.6. The fraction of sp³-hybridized carbons (Fsp3) is 0.211. The maximum absolute atomic E-state index is 12.4. The number of aryl methyl sites for hydroxylation is 2. The lowest BCUT2D eigenvalue weighted by Crippen LogP contribution is -2.15. The summed E-state index contributed by atoms with van der Waals surface area (Å²) in [4.78, 5) is 39.3. The lowest BCUT2D eigenvalue weighted by Gasteiger charge is -2.13. The van der Waals surface area contributed by atoms with Gasteiger partial charge >= 0.3 is 11.9 Å². The third-order valence-corrected chi connectivity index (χ3v) is 4.37. The van der Waals surface area contributed by atoms with Crippen LogP contribution >= 0.6 is 0 Å². The van der Waals surface area contributed by atoms with Crippen LogP contribution in [0, 0.1) is 17.0 Å². The van der Waals surface area contributed by atoms with Gasteiger partial charge in [0.15, 0.2) is 0 Å². The van der Waals surface area contributed by atoms with Gasteiger partial charge in [0.25, 0.3) is 5.69 Å². The number of ether oxygens (including phenoxy) is 2. The second kappa shape index (κ2) is 7.47. The van der Waals surface area contributed by atoms with Crippen LogP contribution in [0.5, 0.6) is 0 Å². The number of carbonyl (C=O) groups excluding carboxylic acids is 2. The first-order valence-corrected chi connectivity index (χ1v) is 8.28. The van der Waals surface area contributed by atoms with Crippen molar-refractivity contribution in [2.75, 3.05) is 7.11 Å². The van der Waals surface area contributed by atoms with Gasteiger partial charge in [0.1, 0.15) is 12.3 Å². The summed E-state index contributed by atoms with van der Waals surface area (Å²) < 4.78 is 11.4. The van der Waals surface area contributed by atoms with Crippen molar-refractivity contribution < 1.29 is 24.0 Å². The molecular weight excluding hydrogens is 366 g/mol. The number of hydrogen-bond donors (Lipinski definition) is 0. The molecule has 3 rings (SSSR count). The quantitative estimate of drug-likeness (QED) is 0.378. The van der Waals surface area contributed by atoms with Crippen molar-refractivity contribution in [3.8, 4) is 0 Å². The van der Waals surface area contributed by atoms with E-state index in [2.05, 4.69) is 4.98 Å². The van der Waals surface area contributed by atoms with E-state index in [9.17, 15) is 19.7 Å². The van der Waals surface area contributed by atoms with Crippen molar-refractivity contribution in [2.45, 2.75) is 13.5 Å². The minimum absolute atomic E-state index is 0.0174. The molecule has 144 valence electrons. The highest BCUT2D eigenvalue weighted by Crippen LogP contribution is 2.24. The van der Waals surface area contributed by atoms with Crippen molar-refractivity contribution >= 4 is 28.5 Å². The molecule has 0 aliphatic rings. The summed E-state index contributed by atoms with van der Waals surface area (Å²) in [6.45, 7) is 1.48. The number of benzene rings is 1. The van der Waals surface area contributed by atoms with E-state index in [1.54, 1.807) is 13.0 Å². The number of methoxy groups -OCH3 is 1. The number of hydrogen-bond acceptors (Lipinski definition) is 7. The van der Waals surface area contributed by atoms with Crippen LogP contribution < -0.4 is 0 Å². The number of rotatable bonds is 5. The summed E-state index contributed by atoms with van der Waals surface area (Å²) in [6, 6.07) is 8.40. The fourth-order valence-electron chi connectivity index (χ4n) is 2.98. The highest BCUT2D eigenvalue weighted by molar-refractivity contribution is 5.98. The van der Waals surface area contributed by atoms with E-state index in [0.717, 1.165) is 11.5 Å². The largest absolute Gasteiger partial charge is 0.465 e. The van der Waals surface area contributed by atoms with E-state index in [1.165, 1.54) is 24.9 Å². The minimum Gasteiger partial charge on any atom is -0.465 e. The van der Waals surface area contributed by atoms with E-state index in [0.29, 0.717) is 11.1 Å². The first-order chi connectivity index (χ1) is 13.3. The van der Waals surface area contributed by atoms with Crippen LogP contribution in [0.2, 0.25) is 0 Å². The Balaban J connectivity index is 1.94. The van der Waals surface area contributed by atoms with Crippen LogP contribution in [0.3, 0.4) is 0 Å². The molecule has 2 heterocycles. The zero-order valence-corrected chi connectivity index (χ0v) is 15.5. The summed E-state index contributed by atoms with van der Waals surface area (Å²) >= 11 is 0. The van der Waals surface area contributed by atoms with Crippen LogP contribution in [0.25, 0.3) is 10.9 Å². The molecule has 2 aromatic heterocycles. The topological polar surface area (TPSA) is 114 Å². The molecule has 28 heavy (non-hydrogen) atoms. The van der Waals surface area contributed by atoms with Crippen molar-refractivity contribution in [2.24, 2.45) is 7.05 Å². The monoisotopic (exact) mass is 383 g/mol. The molecule has 0 aliphatic carbocycles. The van der Waals surface area contributed by atoms with Crippen LogP contribution in [0.1, 0.15) is 32.1 Å². The first kappa shape index (κ1) is 19.0. The van der Waals surface area contributed by atoms with Gasteiger partial charge in [-0.2, -0.15) is 0 Å². The predicted octanol–water partition coefficient (Wildman–Crippen LogP) is 2.93. The number of aromatic nitrogens is 2. The van der Waals surface area contributed by atoms with Gasteiger partial charge in [-0.3, -0.25) is 10.1 Å². The molecule has 0 aliphatic heterocycles. The molecule has 0 atom stereocenters. The van der Waals surface area contributed by atoms with E-state index in [4.69, 9.17) is 9.47 Å². The lowest BCUT2D eigenvalue weighted by molar-refractivity contribution is -0.384. The average Bonchev–Trinajstić information content (AvgIpc) is 3.08. The van der Waals surface area contributed by atoms with Gasteiger partial charge in [0.2, 0.25) is 0 Å². The zero-order chi connectivity index (χ0) is 20.4. The van der Waals surface area contributed by atoms with Crippen molar-refractivity contribution in [1.29, 1.82) is 0 Å². The second-order valence-corrected chi connectivity index (χ2v) is 6.09. The lowest BCUT2D eigenvalue weighted by atomic mass is 10.0. The number of carbonyl (C=O) groups is 2. The minimum atomic E-state index is -0.765. The second-order valence-electron chi connectivity index (χ2n) is 6.09. The number of nitrogens with zero attached hydrogens (tertiary/aromatic N) is 3. The highest BCUT2D eigenvalue weighted by Gasteiger charge is 2.23. The number of nitro groups is 1. The first-order valence-electron chi connectivity index (χ1n) is 8.28. The molecular formula is C19H17N3O6. The number of pyridine rings is 1. The normalized spacial score (nSPS) is 10.7. The maximum Gasteiger partial charge on any atom is 0.355 e. The molecule has 3 aromatic rings. The highest BCUT2D eigenvalue weighted by atomic mass is 16.6. The molecule has 0 spiro atoms. The van der Waals surface area contributed by atoms with Gasteiger partial charge in [-0.15, -0.1) is 0 Å². The molecule has 0 radical (unpaired) electrons. The Hall–Kier alpha value is -3.75. The number of esters is 2. The average molecular weight is 383 g/mol. The Kier molecular flexibility index (Phi) is 5.08. The smallest absolute Gasteiger partial charge is 0.355 e. The SMILES string of the molecule is COC(=O)c1c(COC(=O)c2cc([N+](=O)[O-])cn2C)nc2ccccc2c1C. The maximum atomic E-state index is 12.4. The van der Waals surface area contributed by atoms with Crippen molar-refractivity contribution in [3.63, 3.8) is 0 Å². The van der Waals surface area contributed by atoms with E-state index in [1.807, 2.05) is 18.2 Å². The zero-order valence-electron chi connectivity index (χ0n) is 15.5. The standard InChI is InChI=1S/C19H17N3O6/c1-11-13-6-4-5-7-14(13)20-15(17(11)19(24)27-3)10-28-18(23)16-8-12(22(25)26)9-21(16)2/h4-9H,10H2,1-3H3. The Morgan fingerprint density at radius 3 is 2.61 bits per heavy atom. The van der Waals surface area contributed by atoms with Gasteiger partial charge in [-0.05, 0) is 18.6 Å². The van der Waals surface area contributed by atoms with Gasteiger partial charge < -0.3 is 14.0 Å². The predicted molar refractivity (Wildman–Crippen MR) is 99.0 cm³/mol. The third kappa shape index (κ3) is 3.41. The number of fused-ring (bicyclic) bond motifs is 1. The Morgan fingerprint density at radius 1 is 1.25 bits per heavy atom. The molecule has 0 unspecified atom stereocenters. The van der Waals surface area contributed by atoms with Gasteiger partial charge in [0, 0.05) is 18.5 Å². The fourth-order valence-corrected chi connectivity index (χ4v) is 2.98. The van der Waals surface area contributed by atoms with Crippen LogP contribution in [-0.2, 0) is 23.1 Å². The summed E-state index contributed by atoms with van der Waals surface area (Å²) in [5.74, 6) is -1.35. The van der Waals surface area contributed by atoms with Crippen LogP contribution in [-0.4, -0.2) is 33.5 Å². The summed E-state index contributed by atoms with van der Waals surface area (Å²) in [6.07, 6.45) is 1.22. The summed E-state index contributed by atoms with van der Waals surface area (Å²) in [7, 11) is 2.76. The van der Waals surface area contributed by atoms with Crippen molar-refractivity contribution in [1.82, 2.24) is 9.55 Å². The number of para-hydroxylation sites is 1. The Morgan fingerprint density at radius 2 is 1.96 bits per heavy atom. The third-order valence-electron chi connectivity index (χ3n) is 4.37. The Bertz CT molecular complexity index is 1100. The molecule has 0 saturated carbocycles. The molecule has 0 fully saturated rings. The van der Waals surface area contributed by atoms with E-state index in [-0.39, 0.29) is 29.2 Å². The van der Waals surface area contributed by atoms with E-state index >= 15 is 0 Å². The van der Waals surface area contributed by atoms with Gasteiger partial charge in [-0.1, -0.05) is 18.2 Å². The van der Waals surface area contributed by atoms with Crippen molar-refractivity contribution in [3.05, 3.63) is 69.2 Å². The summed E-state index contributed by atoms with van der Waals surface area (Å²) in [5.41, 5.74) is 1.59. The molecule has 9 heteroatoms. The molecule has 0 N–H and O–H groups in total. The Labute approximate surface area is 159 Å². The molecule has 0 bridgehead atoms. The van der Waals surface area contributed by atoms with Gasteiger partial charge in [0.05, 0.1) is 35.0 Å². The molecule has 1 aromatic carbocycles. The molecule has 0 saturated heterocycles. The van der Waals surface area contributed by atoms with Gasteiger partial charge in [-0.25, -0.2) is 14.6 Å². The molecule has 9 nitrogen and oxygen atoms in total. The van der Waals surface area contributed by atoms with E-state index < -0.39 is 16.9 Å². The molecule has 0 amide bonds. The van der Waals surface area contributed by atoms with Crippen LogP contribution in [0.15, 0.2) is 36.5 Å². The van der Waals surface area contributed by atoms with Crippen LogP contribution in [0.4, 0.5) is 5.69 Å².